The molecule has 1 atom stereocenters. The molecule has 0 saturated heterocycles. The Hall–Kier alpha value is -3.00. The minimum absolute atomic E-state index is 0.00389. The van der Waals surface area contributed by atoms with E-state index in [-0.39, 0.29) is 11.5 Å². The summed E-state index contributed by atoms with van der Waals surface area (Å²) in [6.07, 6.45) is -0.471. The lowest BCUT2D eigenvalue weighted by Crippen LogP contribution is -2.13. The number of benzene rings is 2. The summed E-state index contributed by atoms with van der Waals surface area (Å²) >= 11 is 0. The minimum atomic E-state index is -1.13. The third-order valence-corrected chi connectivity index (χ3v) is 3.25. The van der Waals surface area contributed by atoms with Gasteiger partial charge in [-0.25, -0.2) is 13.6 Å². The maximum absolute atomic E-state index is 13.0. The van der Waals surface area contributed by atoms with Crippen LogP contribution in [0, 0.1) is 11.6 Å². The molecule has 0 aliphatic rings. The van der Waals surface area contributed by atoms with Crippen molar-refractivity contribution in [3.8, 4) is 11.5 Å². The van der Waals surface area contributed by atoms with Crippen LogP contribution in [0.1, 0.15) is 22.0 Å². The van der Waals surface area contributed by atoms with Crippen molar-refractivity contribution >= 4 is 12.3 Å². The van der Waals surface area contributed by atoms with E-state index in [1.807, 2.05) is 0 Å². The third kappa shape index (κ3) is 5.52. The minimum Gasteiger partial charge on any atom is -0.494 e. The number of rotatable bonds is 6. The summed E-state index contributed by atoms with van der Waals surface area (Å²) in [5.74, 6) is -2.05. The maximum Gasteiger partial charge on any atom is 0.337 e. The van der Waals surface area contributed by atoms with E-state index in [0.717, 1.165) is 6.07 Å². The van der Waals surface area contributed by atoms with Crippen molar-refractivity contribution in [2.24, 2.45) is 0 Å². The quantitative estimate of drug-likeness (QED) is 0.788. The van der Waals surface area contributed by atoms with Gasteiger partial charge in [0.2, 0.25) is 0 Å². The van der Waals surface area contributed by atoms with Crippen molar-refractivity contribution in [1.29, 1.82) is 0 Å². The topological polar surface area (TPSA) is 82.1 Å². The van der Waals surface area contributed by atoms with Gasteiger partial charge in [-0.3, -0.25) is 4.79 Å². The number of carbonyl (C=O) groups is 2. The second-order valence-corrected chi connectivity index (χ2v) is 4.86. The number of carboxylic acid groups (broad SMARTS) is 1. The average molecular weight is 368 g/mol. The molecule has 0 heterocycles. The Morgan fingerprint density at radius 2 is 1.54 bits per heavy atom. The molecule has 26 heavy (non-hydrogen) atoms. The number of carboxylic acids is 1. The van der Waals surface area contributed by atoms with Crippen molar-refractivity contribution < 1.29 is 37.7 Å². The zero-order valence-corrected chi connectivity index (χ0v) is 14.4. The van der Waals surface area contributed by atoms with Gasteiger partial charge in [0.25, 0.3) is 0 Å². The first-order valence-electron chi connectivity index (χ1n) is 7.25. The summed E-state index contributed by atoms with van der Waals surface area (Å²) in [5.41, 5.74) is 0.742. The molecule has 8 heteroatoms. The first-order valence-corrected chi connectivity index (χ1v) is 7.25. The molecular formula is C18H18F2O6. The zero-order valence-electron chi connectivity index (χ0n) is 14.4. The van der Waals surface area contributed by atoms with E-state index in [2.05, 4.69) is 4.74 Å². The van der Waals surface area contributed by atoms with Crippen LogP contribution in [-0.2, 0) is 9.53 Å². The van der Waals surface area contributed by atoms with Gasteiger partial charge in [-0.15, -0.1) is 0 Å². The molecule has 0 aromatic heterocycles. The van der Waals surface area contributed by atoms with Crippen molar-refractivity contribution in [3.63, 3.8) is 0 Å². The highest BCUT2D eigenvalue weighted by Gasteiger charge is 2.20. The van der Waals surface area contributed by atoms with Crippen LogP contribution >= 0.6 is 0 Å². The normalized spacial score (nSPS) is 11.0. The number of carbonyl (C=O) groups excluding carboxylic acids is 1. The van der Waals surface area contributed by atoms with Crippen LogP contribution in [-0.4, -0.2) is 38.7 Å². The molecule has 1 unspecified atom stereocenters. The van der Waals surface area contributed by atoms with Crippen molar-refractivity contribution in [2.75, 3.05) is 21.3 Å². The van der Waals surface area contributed by atoms with Crippen LogP contribution in [0.15, 0.2) is 36.4 Å². The molecule has 0 radical (unpaired) electrons. The Morgan fingerprint density at radius 1 is 1.00 bits per heavy atom. The standard InChI is InChI=1S/C10H11FO4.C8H7FO2/c1-14-8-5-6(3-4-7(8)11)9(15-2)10(12)13;1-11-8-4-6(5-10)2-3-7(8)9/h3-5,9H,1-2H3,(H,12,13);2-5H,1H3. The van der Waals surface area contributed by atoms with Gasteiger partial charge in [-0.05, 0) is 35.9 Å². The van der Waals surface area contributed by atoms with Gasteiger partial charge in [0.1, 0.15) is 6.29 Å². The van der Waals surface area contributed by atoms with Crippen LogP contribution < -0.4 is 9.47 Å². The van der Waals surface area contributed by atoms with Gasteiger partial charge < -0.3 is 19.3 Å². The number of aldehydes is 1. The molecule has 0 aliphatic carbocycles. The third-order valence-electron chi connectivity index (χ3n) is 3.25. The molecule has 0 fully saturated rings. The fourth-order valence-corrected chi connectivity index (χ4v) is 1.97. The number of hydrogen-bond acceptors (Lipinski definition) is 5. The Morgan fingerprint density at radius 3 is 2.00 bits per heavy atom. The van der Waals surface area contributed by atoms with E-state index in [1.165, 1.54) is 51.7 Å². The highest BCUT2D eigenvalue weighted by Crippen LogP contribution is 2.24. The number of hydrogen-bond donors (Lipinski definition) is 1. The average Bonchev–Trinajstić information content (AvgIpc) is 2.64. The molecule has 0 bridgehead atoms. The number of halogens is 2. The van der Waals surface area contributed by atoms with E-state index in [9.17, 15) is 18.4 Å². The van der Waals surface area contributed by atoms with Crippen molar-refractivity contribution in [2.45, 2.75) is 6.10 Å². The van der Waals surface area contributed by atoms with Gasteiger partial charge in [-0.2, -0.15) is 0 Å². The molecule has 0 spiro atoms. The fourth-order valence-electron chi connectivity index (χ4n) is 1.97. The smallest absolute Gasteiger partial charge is 0.337 e. The molecule has 140 valence electrons. The summed E-state index contributed by atoms with van der Waals surface area (Å²) in [5, 5.41) is 8.80. The number of methoxy groups -OCH3 is 3. The van der Waals surface area contributed by atoms with Crippen LogP contribution in [0.5, 0.6) is 11.5 Å². The van der Waals surface area contributed by atoms with Crippen molar-refractivity contribution in [1.82, 2.24) is 0 Å². The Kier molecular flexibility index (Phi) is 8.17. The molecule has 0 aliphatic heterocycles. The molecule has 0 saturated carbocycles. The number of ether oxygens (including phenoxy) is 3. The maximum atomic E-state index is 13.0. The monoisotopic (exact) mass is 368 g/mol. The van der Waals surface area contributed by atoms with Crippen LogP contribution in [0.2, 0.25) is 0 Å². The van der Waals surface area contributed by atoms with Crippen molar-refractivity contribution in [3.05, 3.63) is 59.2 Å². The molecule has 2 aromatic rings. The fraction of sp³-hybridized carbons (Fsp3) is 0.222. The van der Waals surface area contributed by atoms with Gasteiger partial charge >= 0.3 is 5.97 Å². The lowest BCUT2D eigenvalue weighted by Gasteiger charge is -2.12. The van der Waals surface area contributed by atoms with Gasteiger partial charge in [0.15, 0.2) is 29.2 Å². The first kappa shape index (κ1) is 21.0. The molecule has 2 rings (SSSR count). The summed E-state index contributed by atoms with van der Waals surface area (Å²) in [7, 11) is 3.94. The predicted octanol–water partition coefficient (Wildman–Crippen LogP) is 3.25. The summed E-state index contributed by atoms with van der Waals surface area (Å²) < 4.78 is 39.8. The van der Waals surface area contributed by atoms with E-state index < -0.39 is 23.7 Å². The van der Waals surface area contributed by atoms with Gasteiger partial charge in [0.05, 0.1) is 14.2 Å². The molecule has 6 nitrogen and oxygen atoms in total. The van der Waals surface area contributed by atoms with Gasteiger partial charge in [-0.1, -0.05) is 6.07 Å². The highest BCUT2D eigenvalue weighted by atomic mass is 19.1. The van der Waals surface area contributed by atoms with Crippen LogP contribution in [0.4, 0.5) is 8.78 Å². The lowest BCUT2D eigenvalue weighted by molar-refractivity contribution is -0.148. The first-order chi connectivity index (χ1) is 12.4. The highest BCUT2D eigenvalue weighted by molar-refractivity contribution is 5.75. The molecular weight excluding hydrogens is 350 g/mol. The Labute approximate surface area is 148 Å². The van der Waals surface area contributed by atoms with E-state index in [1.54, 1.807) is 0 Å². The SMILES string of the molecule is COc1cc(C(OC)C(=O)O)ccc1F.COc1cc(C=O)ccc1F. The zero-order chi connectivity index (χ0) is 19.7. The Bertz CT molecular complexity index is 763. The van der Waals surface area contributed by atoms with Crippen LogP contribution in [0.3, 0.4) is 0 Å². The van der Waals surface area contributed by atoms with Gasteiger partial charge in [0, 0.05) is 12.7 Å². The molecule has 2 aromatic carbocycles. The summed E-state index contributed by atoms with van der Waals surface area (Å²) in [4.78, 5) is 21.0. The van der Waals surface area contributed by atoms with E-state index in [4.69, 9.17) is 14.6 Å². The Balaban J connectivity index is 0.000000273. The lowest BCUT2D eigenvalue weighted by atomic mass is 10.1. The molecule has 1 N–H and O–H groups in total. The van der Waals surface area contributed by atoms with Crippen LogP contribution in [0.25, 0.3) is 0 Å². The van der Waals surface area contributed by atoms with E-state index >= 15 is 0 Å². The van der Waals surface area contributed by atoms with E-state index in [0.29, 0.717) is 17.4 Å². The summed E-state index contributed by atoms with van der Waals surface area (Å²) in [6.45, 7) is 0. The second-order valence-electron chi connectivity index (χ2n) is 4.86. The number of aliphatic carboxylic acids is 1. The molecule has 0 amide bonds. The predicted molar refractivity (Wildman–Crippen MR) is 88.7 cm³/mol. The summed E-state index contributed by atoms with van der Waals surface area (Å²) in [6, 6.07) is 7.73. The largest absolute Gasteiger partial charge is 0.494 e. The second kappa shape index (κ2) is 10.1.